The maximum Gasteiger partial charge on any atom is 1.00 e. The molecule has 0 aliphatic heterocycles. The van der Waals surface area contributed by atoms with Crippen molar-refractivity contribution in [2.24, 2.45) is 25.4 Å². The van der Waals surface area contributed by atoms with Gasteiger partial charge in [-0.3, -0.25) is 39.4 Å². The molecule has 404 valence electrons. The summed E-state index contributed by atoms with van der Waals surface area (Å²) in [6, 6.07) is 14.2. The number of aliphatic imine (C=N–C) groups is 1. The Hall–Kier alpha value is -5.03. The van der Waals surface area contributed by atoms with E-state index in [9.17, 15) is 90.0 Å². The molecule has 83 heavy (non-hydrogen) atoms. The molecule has 28 nitrogen and oxygen atoms in total. The number of ketones is 1. The number of Topliss-reactive ketones (excluding diaryl/α,β-unsaturated/α-hetero) is 1. The standard InChI is InChI=1S/C46H30N8O20S5.4Na/c55-39-21-30(76(63,64)65)16-22-15-27(3-6-31(22)39)48-52-43-41(78(69,70)71)17-23-13-25(1-7-32(23)45(43)56)47-26-2-8-33-24(14-26)18-42(79(72,73)74)44(46(33)57)53-50-37-12-11-36(34-9-5-29(20-35(34)37)75(60,61)62)49-51-38-10-4-28(54(58)59)19-40(38)77(66,67)68;;;;/h1-21,48,51,55-56H,(H,60,61,62)(H,63,64,65)(H,66,67,68)(H,69,70,71)(H,72,73,74);;;;/q;4*+1/p-4. The van der Waals surface area contributed by atoms with Crippen LogP contribution in [-0.4, -0.2) is 104 Å². The number of nitrogens with zero attached hydrogens (tertiary/aromatic N) is 6. The first-order valence-corrected chi connectivity index (χ1v) is 28.6. The van der Waals surface area contributed by atoms with E-state index >= 15 is 0 Å². The van der Waals surface area contributed by atoms with E-state index in [-0.39, 0.29) is 191 Å². The molecule has 5 aromatic rings. The fourth-order valence-corrected chi connectivity index (χ4v) is 11.0. The van der Waals surface area contributed by atoms with E-state index in [0.717, 1.165) is 54.6 Å². The maximum absolute atomic E-state index is 13.9. The summed E-state index contributed by atoms with van der Waals surface area (Å²) < 4.78 is 176. The van der Waals surface area contributed by atoms with Gasteiger partial charge in [-0.25, -0.2) is 21.8 Å². The third-order valence-corrected chi connectivity index (χ3v) is 15.8. The molecule has 5 aromatic carbocycles. The summed E-state index contributed by atoms with van der Waals surface area (Å²) in [7, 11) is -25.8. The molecule has 9 rings (SSSR count). The number of rotatable bonds is 12. The van der Waals surface area contributed by atoms with E-state index < -0.39 is 120 Å². The predicted molar refractivity (Wildman–Crippen MR) is 274 cm³/mol. The molecule has 0 unspecified atom stereocenters. The van der Waals surface area contributed by atoms with Gasteiger partial charge in [-0.05, 0) is 125 Å². The van der Waals surface area contributed by atoms with Crippen molar-refractivity contribution < 1.29 is 203 Å². The summed E-state index contributed by atoms with van der Waals surface area (Å²) in [4.78, 5) is 24.1. The number of allylic oxidation sites excluding steroid dienone is 10. The van der Waals surface area contributed by atoms with Gasteiger partial charge in [0.15, 0.2) is 5.71 Å². The molecule has 0 amide bonds. The molecular formula is C46H26N8Na4O20S5. The van der Waals surface area contributed by atoms with Crippen LogP contribution in [0.25, 0.3) is 16.8 Å². The van der Waals surface area contributed by atoms with Crippen LogP contribution in [0.4, 0.5) is 22.7 Å². The van der Waals surface area contributed by atoms with Crippen molar-refractivity contribution in [1.82, 2.24) is 0 Å². The van der Waals surface area contributed by atoms with Crippen LogP contribution in [0.1, 0.15) is 27.0 Å². The van der Waals surface area contributed by atoms with Gasteiger partial charge in [-0.2, -0.15) is 35.5 Å². The minimum absolute atomic E-state index is 0. The molecule has 37 heteroatoms. The Morgan fingerprint density at radius 3 is 1.89 bits per heavy atom. The molecule has 0 bridgehead atoms. The minimum atomic E-state index is -5.57. The Morgan fingerprint density at radius 1 is 0.566 bits per heavy atom. The molecule has 0 aromatic heterocycles. The maximum atomic E-state index is 13.9. The number of hydrogen-bond donors (Lipinski definition) is 5. The first kappa shape index (κ1) is 68.7. The van der Waals surface area contributed by atoms with Crippen LogP contribution in [0.2, 0.25) is 0 Å². The smallest absolute Gasteiger partial charge is 0.872 e. The number of hydrogen-bond acceptors (Lipinski definition) is 24. The van der Waals surface area contributed by atoms with Crippen molar-refractivity contribution in [2.75, 3.05) is 10.9 Å². The van der Waals surface area contributed by atoms with Gasteiger partial charge in [0, 0.05) is 28.8 Å². The number of anilines is 2. The van der Waals surface area contributed by atoms with Crippen molar-refractivity contribution in [3.8, 4) is 5.75 Å². The normalized spacial score (nSPS) is 17.5. The first-order chi connectivity index (χ1) is 36.8. The van der Waals surface area contributed by atoms with E-state index in [2.05, 4.69) is 36.2 Å². The number of fused-ring (bicyclic) bond motifs is 4. The fraction of sp³-hybridized carbons (Fsp3) is 0. The second-order valence-corrected chi connectivity index (χ2v) is 23.5. The summed E-state index contributed by atoms with van der Waals surface area (Å²) in [6.07, 6.45) is 7.73. The molecule has 4 aliphatic rings. The second kappa shape index (κ2) is 25.9. The van der Waals surface area contributed by atoms with Gasteiger partial charge in [0.25, 0.3) is 36.0 Å². The molecule has 5 N–H and O–H groups in total. The van der Waals surface area contributed by atoms with Crippen LogP contribution in [0.3, 0.4) is 0 Å². The number of non-ortho nitro benzene ring substituents is 1. The summed E-state index contributed by atoms with van der Waals surface area (Å²) in [5.74, 6) is -2.92. The van der Waals surface area contributed by atoms with Crippen LogP contribution in [0, 0.1) is 10.1 Å². The third kappa shape index (κ3) is 15.0. The van der Waals surface area contributed by atoms with Gasteiger partial charge < -0.3 is 19.3 Å². The number of carbonyl (C=O) groups excluding carboxylic acids is 1. The van der Waals surface area contributed by atoms with E-state index in [1.54, 1.807) is 0 Å². The van der Waals surface area contributed by atoms with Gasteiger partial charge in [0.05, 0.1) is 59.5 Å². The summed E-state index contributed by atoms with van der Waals surface area (Å²) in [6.45, 7) is 0. The van der Waals surface area contributed by atoms with Gasteiger partial charge in [-0.15, -0.1) is 10.2 Å². The van der Waals surface area contributed by atoms with Crippen molar-refractivity contribution in [3.63, 3.8) is 0 Å². The Balaban J connectivity index is 0.00000315. The molecule has 4 aliphatic carbocycles. The molecule has 0 saturated heterocycles. The zero-order valence-corrected chi connectivity index (χ0v) is 54.7. The van der Waals surface area contributed by atoms with Crippen molar-refractivity contribution >= 4 is 125 Å². The number of carbonyl (C=O) groups is 1. The molecule has 0 fully saturated rings. The number of nitrogens with one attached hydrogen (secondary N) is 2. The van der Waals surface area contributed by atoms with Gasteiger partial charge in [0.2, 0.25) is 5.78 Å². The van der Waals surface area contributed by atoms with Crippen molar-refractivity contribution in [3.05, 3.63) is 180 Å². The summed E-state index contributed by atoms with van der Waals surface area (Å²) in [5, 5.41) is 53.1. The van der Waals surface area contributed by atoms with Crippen molar-refractivity contribution in [2.45, 2.75) is 14.7 Å². The topological polar surface area (TPSA) is 470 Å². The average Bonchev–Trinajstić information content (AvgIpc) is 3.36. The van der Waals surface area contributed by atoms with Crippen molar-refractivity contribution in [1.29, 1.82) is 0 Å². The summed E-state index contributed by atoms with van der Waals surface area (Å²) in [5.41, 5.74) is 0.459. The SMILES string of the molecule is O=C1C(=NN=C2C=CC(=NNc3ccc([N+](=O)[O-])cc3S(=O)(=O)O)c3ccc(S(=O)(=O)[O-])cc32)C(S(=O)(=O)[O-])=Cc2cc(N=C3C=CC4=C([O-])C(=NNc5ccc6c([O-])cc(S(=O)(=O)O)cc6c5)C(S(=O)(=O)O)=CC4=C3)ccc21.[Na+].[Na+].[Na+].[Na+]. The molecular weight excluding hydrogens is 1240 g/mol. The third-order valence-electron chi connectivity index (χ3n) is 11.6. The van der Waals surface area contributed by atoms with E-state index in [0.29, 0.717) is 12.1 Å². The number of nitro benzene ring substituents is 1. The molecule has 0 saturated carbocycles. The Bertz CT molecular complexity index is 4650. The largest absolute Gasteiger partial charge is 1.00 e. The molecule has 0 spiro atoms. The second-order valence-electron chi connectivity index (χ2n) is 16.6. The predicted octanol–water partition coefficient (Wildman–Crippen LogP) is -9.01. The van der Waals surface area contributed by atoms with Gasteiger partial charge in [0.1, 0.15) is 30.0 Å². The minimum Gasteiger partial charge on any atom is -0.872 e. The Morgan fingerprint density at radius 2 is 1.25 bits per heavy atom. The number of benzene rings is 5. The Kier molecular flexibility index (Phi) is 21.5. The van der Waals surface area contributed by atoms with Crippen LogP contribution in [0.15, 0.2) is 188 Å². The quantitative estimate of drug-likeness (QED) is 0.0335. The van der Waals surface area contributed by atoms with E-state index in [1.165, 1.54) is 60.7 Å². The zero-order chi connectivity index (χ0) is 57.3. The van der Waals surface area contributed by atoms with Crippen LogP contribution in [-0.2, 0) is 50.6 Å². The van der Waals surface area contributed by atoms with E-state index in [1.807, 2.05) is 0 Å². The molecule has 0 atom stereocenters. The Labute approximate surface area is 557 Å². The van der Waals surface area contributed by atoms with Gasteiger partial charge >= 0.3 is 118 Å². The molecule has 0 radical (unpaired) electrons. The monoisotopic (exact) mass is 1260 g/mol. The summed E-state index contributed by atoms with van der Waals surface area (Å²) >= 11 is 0. The van der Waals surface area contributed by atoms with Crippen LogP contribution >= 0.6 is 0 Å². The number of hydrazone groups is 2. The fourth-order valence-electron chi connectivity index (χ4n) is 7.96. The average molecular weight is 1260 g/mol. The number of nitro groups is 1. The van der Waals surface area contributed by atoms with Crippen LogP contribution < -0.4 is 139 Å². The molecule has 0 heterocycles. The van der Waals surface area contributed by atoms with E-state index in [4.69, 9.17) is 0 Å². The van der Waals surface area contributed by atoms with Crippen LogP contribution in [0.5, 0.6) is 5.75 Å². The first-order valence-electron chi connectivity index (χ1n) is 21.4. The zero-order valence-electron chi connectivity index (χ0n) is 42.6. The van der Waals surface area contributed by atoms with Gasteiger partial charge in [-0.1, -0.05) is 29.7 Å².